The van der Waals surface area contributed by atoms with E-state index >= 15 is 0 Å². The zero-order valence-corrected chi connectivity index (χ0v) is 17.0. The lowest BCUT2D eigenvalue weighted by Gasteiger charge is -2.20. The van der Waals surface area contributed by atoms with Gasteiger partial charge in [0.2, 0.25) is 11.8 Å². The van der Waals surface area contributed by atoms with E-state index in [1.807, 2.05) is 42.2 Å². The largest absolute Gasteiger partial charge is 0.459 e. The molecular formula is C22H24N4O4. The highest BCUT2D eigenvalue weighted by Crippen LogP contribution is 2.23. The van der Waals surface area contributed by atoms with Crippen molar-refractivity contribution in [2.75, 3.05) is 13.1 Å². The highest BCUT2D eigenvalue weighted by molar-refractivity contribution is 5.80. The summed E-state index contributed by atoms with van der Waals surface area (Å²) in [6.45, 7) is 5.30. The SMILES string of the molecule is CCCN(CC(=O)N[C@H](C)c1cc2ccccc2o1)Cc1nnc(-c2ccco2)o1. The van der Waals surface area contributed by atoms with E-state index in [0.29, 0.717) is 24.1 Å². The third-order valence-corrected chi connectivity index (χ3v) is 4.71. The van der Waals surface area contributed by atoms with Crippen LogP contribution in [0.15, 0.2) is 62.0 Å². The number of hydrogen-bond acceptors (Lipinski definition) is 7. The standard InChI is InChI=1S/C22H24N4O4/c1-3-10-26(14-21-24-25-22(30-21)18-9-6-11-28-18)13-20(27)23-15(2)19-12-16-7-4-5-8-17(16)29-19/h4-9,11-12,15H,3,10,13-14H2,1-2H3,(H,23,27)/t15-/m1/s1. The molecule has 0 aliphatic rings. The Morgan fingerprint density at radius 1 is 1.17 bits per heavy atom. The van der Waals surface area contributed by atoms with Gasteiger partial charge in [0, 0.05) is 5.39 Å². The Kier molecular flexibility index (Phi) is 5.94. The molecule has 8 nitrogen and oxygen atoms in total. The van der Waals surface area contributed by atoms with Crippen LogP contribution in [0.3, 0.4) is 0 Å². The molecule has 1 N–H and O–H groups in total. The predicted octanol–water partition coefficient (Wildman–Crippen LogP) is 4.17. The average molecular weight is 408 g/mol. The number of para-hydroxylation sites is 1. The second-order valence-corrected chi connectivity index (χ2v) is 7.16. The summed E-state index contributed by atoms with van der Waals surface area (Å²) in [5.74, 6) is 1.92. The van der Waals surface area contributed by atoms with Gasteiger partial charge in [-0.25, -0.2) is 0 Å². The number of nitrogens with zero attached hydrogens (tertiary/aromatic N) is 3. The van der Waals surface area contributed by atoms with E-state index in [9.17, 15) is 4.79 Å². The van der Waals surface area contributed by atoms with Gasteiger partial charge in [-0.1, -0.05) is 25.1 Å². The molecule has 0 bridgehead atoms. The van der Waals surface area contributed by atoms with Crippen LogP contribution in [0.1, 0.15) is 38.0 Å². The lowest BCUT2D eigenvalue weighted by Crippen LogP contribution is -2.38. The summed E-state index contributed by atoms with van der Waals surface area (Å²) in [6.07, 6.45) is 2.45. The van der Waals surface area contributed by atoms with Crippen LogP contribution in [0, 0.1) is 0 Å². The molecule has 0 aliphatic heterocycles. The van der Waals surface area contributed by atoms with Gasteiger partial charge in [-0.05, 0) is 44.2 Å². The molecule has 30 heavy (non-hydrogen) atoms. The number of aromatic nitrogens is 2. The molecule has 156 valence electrons. The minimum Gasteiger partial charge on any atom is -0.459 e. The molecule has 4 aromatic rings. The fourth-order valence-corrected chi connectivity index (χ4v) is 3.32. The number of fused-ring (bicyclic) bond motifs is 1. The van der Waals surface area contributed by atoms with Crippen molar-refractivity contribution in [3.05, 3.63) is 60.4 Å². The second-order valence-electron chi connectivity index (χ2n) is 7.16. The van der Waals surface area contributed by atoms with Gasteiger partial charge in [0.05, 0.1) is 25.4 Å². The molecule has 3 aromatic heterocycles. The van der Waals surface area contributed by atoms with Crippen molar-refractivity contribution >= 4 is 16.9 Å². The molecule has 1 amide bonds. The van der Waals surface area contributed by atoms with Crippen molar-refractivity contribution in [2.45, 2.75) is 32.9 Å². The fourth-order valence-electron chi connectivity index (χ4n) is 3.32. The number of nitrogens with one attached hydrogen (secondary N) is 1. The maximum absolute atomic E-state index is 12.6. The third kappa shape index (κ3) is 4.60. The molecule has 0 radical (unpaired) electrons. The minimum atomic E-state index is -0.234. The fraction of sp³-hybridized carbons (Fsp3) is 0.318. The Morgan fingerprint density at radius 2 is 2.03 bits per heavy atom. The molecule has 8 heteroatoms. The third-order valence-electron chi connectivity index (χ3n) is 4.71. The Morgan fingerprint density at radius 3 is 2.80 bits per heavy atom. The van der Waals surface area contributed by atoms with Crippen LogP contribution in [-0.4, -0.2) is 34.1 Å². The summed E-state index contributed by atoms with van der Waals surface area (Å²) >= 11 is 0. The lowest BCUT2D eigenvalue weighted by molar-refractivity contribution is -0.123. The first-order valence-electron chi connectivity index (χ1n) is 9.99. The Hall–Kier alpha value is -3.39. The van der Waals surface area contributed by atoms with Crippen LogP contribution in [-0.2, 0) is 11.3 Å². The van der Waals surface area contributed by atoms with Crippen molar-refractivity contribution < 1.29 is 18.0 Å². The highest BCUT2D eigenvalue weighted by atomic mass is 16.4. The zero-order chi connectivity index (χ0) is 20.9. The van der Waals surface area contributed by atoms with E-state index < -0.39 is 0 Å². The number of amides is 1. The van der Waals surface area contributed by atoms with Crippen LogP contribution in [0.4, 0.5) is 0 Å². The quantitative estimate of drug-likeness (QED) is 0.444. The lowest BCUT2D eigenvalue weighted by atomic mass is 10.2. The van der Waals surface area contributed by atoms with Gasteiger partial charge in [0.1, 0.15) is 11.3 Å². The zero-order valence-electron chi connectivity index (χ0n) is 17.0. The van der Waals surface area contributed by atoms with E-state index in [2.05, 4.69) is 22.4 Å². The Balaban J connectivity index is 1.36. The Bertz CT molecular complexity index is 1070. The number of furan rings is 2. The van der Waals surface area contributed by atoms with Crippen molar-refractivity contribution in [3.63, 3.8) is 0 Å². The molecule has 3 heterocycles. The van der Waals surface area contributed by atoms with Crippen molar-refractivity contribution in [1.82, 2.24) is 20.4 Å². The first kappa shape index (κ1) is 19.9. The first-order chi connectivity index (χ1) is 14.6. The normalized spacial score (nSPS) is 12.5. The van der Waals surface area contributed by atoms with Crippen molar-refractivity contribution in [2.24, 2.45) is 0 Å². The van der Waals surface area contributed by atoms with E-state index in [1.165, 1.54) is 0 Å². The number of hydrogen-bond donors (Lipinski definition) is 1. The average Bonchev–Trinajstić information content (AvgIpc) is 3.47. The van der Waals surface area contributed by atoms with E-state index in [1.54, 1.807) is 18.4 Å². The molecule has 0 spiro atoms. The number of carbonyl (C=O) groups excluding carboxylic acids is 1. The summed E-state index contributed by atoms with van der Waals surface area (Å²) in [7, 11) is 0. The van der Waals surface area contributed by atoms with Gasteiger partial charge in [-0.15, -0.1) is 10.2 Å². The molecule has 1 atom stereocenters. The molecule has 0 aliphatic carbocycles. The number of benzene rings is 1. The van der Waals surface area contributed by atoms with Crippen molar-refractivity contribution in [3.8, 4) is 11.7 Å². The summed E-state index contributed by atoms with van der Waals surface area (Å²) in [5, 5.41) is 12.1. The summed E-state index contributed by atoms with van der Waals surface area (Å²) < 4.78 is 16.8. The van der Waals surface area contributed by atoms with Gasteiger partial charge in [-0.2, -0.15) is 0 Å². The van der Waals surface area contributed by atoms with Crippen LogP contribution in [0.5, 0.6) is 0 Å². The van der Waals surface area contributed by atoms with Crippen LogP contribution >= 0.6 is 0 Å². The van der Waals surface area contributed by atoms with Crippen LogP contribution in [0.2, 0.25) is 0 Å². The van der Waals surface area contributed by atoms with Gasteiger partial charge in [0.15, 0.2) is 5.76 Å². The smallest absolute Gasteiger partial charge is 0.283 e. The number of carbonyl (C=O) groups is 1. The van der Waals surface area contributed by atoms with Gasteiger partial charge >= 0.3 is 0 Å². The first-order valence-corrected chi connectivity index (χ1v) is 9.99. The number of rotatable bonds is 9. The van der Waals surface area contributed by atoms with Crippen LogP contribution < -0.4 is 5.32 Å². The van der Waals surface area contributed by atoms with Crippen LogP contribution in [0.25, 0.3) is 22.6 Å². The minimum absolute atomic E-state index is 0.0952. The monoisotopic (exact) mass is 408 g/mol. The van der Waals surface area contributed by atoms with Gasteiger partial charge in [0.25, 0.3) is 5.89 Å². The second kappa shape index (κ2) is 8.96. The van der Waals surface area contributed by atoms with Gasteiger partial charge < -0.3 is 18.6 Å². The topological polar surface area (TPSA) is 97.5 Å². The molecule has 0 saturated heterocycles. The Labute approximate surface area is 173 Å². The van der Waals surface area contributed by atoms with Crippen molar-refractivity contribution in [1.29, 1.82) is 0 Å². The summed E-state index contributed by atoms with van der Waals surface area (Å²) in [5.41, 5.74) is 0.810. The molecule has 4 rings (SSSR count). The summed E-state index contributed by atoms with van der Waals surface area (Å²) in [4.78, 5) is 14.6. The maximum Gasteiger partial charge on any atom is 0.283 e. The predicted molar refractivity (Wildman–Crippen MR) is 110 cm³/mol. The van der Waals surface area contributed by atoms with E-state index in [4.69, 9.17) is 13.3 Å². The molecule has 1 aromatic carbocycles. The maximum atomic E-state index is 12.6. The van der Waals surface area contributed by atoms with Gasteiger partial charge in [-0.3, -0.25) is 9.69 Å². The molecule has 0 fully saturated rings. The summed E-state index contributed by atoms with van der Waals surface area (Å²) in [6, 6.07) is 13.0. The molecule has 0 saturated carbocycles. The molecular weight excluding hydrogens is 384 g/mol. The van der Waals surface area contributed by atoms with E-state index in [0.717, 1.165) is 29.7 Å². The molecule has 0 unspecified atom stereocenters. The highest BCUT2D eigenvalue weighted by Gasteiger charge is 2.19. The van der Waals surface area contributed by atoms with E-state index in [-0.39, 0.29) is 18.5 Å².